The minimum Gasteiger partial charge on any atom is -0.386 e. The van der Waals surface area contributed by atoms with Crippen LogP contribution in [0.4, 0.5) is 0 Å². The number of aliphatic imine (C=N–C) groups is 4. The average molecular weight is 1720 g/mol. The molecule has 20 N–H and O–H groups in total. The number of guanidine groups is 1. The van der Waals surface area contributed by atoms with Crippen LogP contribution in [0.3, 0.4) is 0 Å². The van der Waals surface area contributed by atoms with Crippen molar-refractivity contribution in [2.45, 2.75) is 535 Å². The van der Waals surface area contributed by atoms with Crippen LogP contribution in [0.5, 0.6) is 0 Å². The van der Waals surface area contributed by atoms with Crippen LogP contribution in [0.2, 0.25) is 0 Å². The molecule has 0 aliphatic rings. The minimum atomic E-state index is -0.0797. The van der Waals surface area contributed by atoms with E-state index in [1.165, 1.54) is 12.8 Å². The van der Waals surface area contributed by atoms with Gasteiger partial charge in [-0.05, 0) is 431 Å². The molecule has 0 atom stereocenters. The molecule has 0 spiro atoms. The predicted molar refractivity (Wildman–Crippen MR) is 554 cm³/mol. The first kappa shape index (κ1) is 138. The summed E-state index contributed by atoms with van der Waals surface area (Å²) < 4.78 is 0. The Morgan fingerprint density at radius 2 is 0.383 bits per heavy atom. The lowest BCUT2D eigenvalue weighted by Crippen LogP contribution is -2.48. The van der Waals surface area contributed by atoms with Crippen LogP contribution in [-0.2, 0) is 0 Å². The van der Waals surface area contributed by atoms with Crippen molar-refractivity contribution in [2.24, 2.45) is 48.0 Å². The number of hydrogen-bond acceptors (Lipinski definition) is 16. The summed E-state index contributed by atoms with van der Waals surface area (Å²) in [5, 5.41) is 47.6. The lowest BCUT2D eigenvalue weighted by molar-refractivity contribution is 0.302. The summed E-state index contributed by atoms with van der Waals surface area (Å²) in [5.74, 6) is 2.90. The van der Waals surface area contributed by atoms with Crippen LogP contribution in [0, 0.1) is 10.8 Å². The van der Waals surface area contributed by atoms with E-state index in [9.17, 15) is 0 Å². The molecule has 0 bridgehead atoms. The molecule has 0 aromatic carbocycles. The molecule has 0 unspecified atom stereocenters. The van der Waals surface area contributed by atoms with Gasteiger partial charge in [0.05, 0.1) is 30.0 Å². The van der Waals surface area contributed by atoms with Gasteiger partial charge in [-0.25, -0.2) is 0 Å². The van der Waals surface area contributed by atoms with Gasteiger partial charge in [0, 0.05) is 128 Å². The third-order valence-corrected chi connectivity index (χ3v) is 12.8. The summed E-state index contributed by atoms with van der Waals surface area (Å²) in [4.78, 5) is 17.4. The van der Waals surface area contributed by atoms with Gasteiger partial charge in [-0.2, -0.15) is 0 Å². The summed E-state index contributed by atoms with van der Waals surface area (Å²) in [5.41, 5.74) is 20.7. The summed E-state index contributed by atoms with van der Waals surface area (Å²) in [6.45, 7) is 143. The lowest BCUT2D eigenvalue weighted by atomic mass is 9.97. The van der Waals surface area contributed by atoms with E-state index in [2.05, 4.69) is 468 Å². The standard InChI is InChI=1S/C11H24N2.2C11H26N2.3C10H23N3.2C10H24N2.2C8H19N/c1-9(13-11(5,6)7)12-8-10(2,3)4;2*1-10(2,3)12-8-7-9-13-11(4,5)6;1-9(2,3)7-12-8(11)13-10(4,5)6;2*1-9(2,3)12-7-8(11)13-10(4,5)6;2*1-9(2,3)11-7-8-12-10(4,5)6;2*1-7(2,3)9-8(4,5)6/h8H2,1-7H3,(H,12,13);2*12-13H,7-9H2,1-6H3;7H2,1-6H3,(H3,11,12,13);2*12H,7H2,1-6H3,(H2,11,13);2*11-12H,7-8H2,1-6H3;2*9H,1-6H3. The summed E-state index contributed by atoms with van der Waals surface area (Å²) in [6.07, 6.45) is 2.38. The lowest BCUT2D eigenvalue weighted by Gasteiger charge is -2.31. The minimum absolute atomic E-state index is 0.00846. The molecule has 0 heterocycles. The molecular weight excluding hydrogens is 1480 g/mol. The fourth-order valence-electron chi connectivity index (χ4n) is 9.37. The second kappa shape index (κ2) is 59.3. The highest BCUT2D eigenvalue weighted by molar-refractivity contribution is 5.83. The molecule has 0 saturated carbocycles. The van der Waals surface area contributed by atoms with Gasteiger partial charge >= 0.3 is 0 Å². The van der Waals surface area contributed by atoms with Crippen LogP contribution < -0.4 is 91.6 Å². The first-order chi connectivity index (χ1) is 51.6. The molecule has 0 amide bonds. The normalized spacial score (nSPS) is 14.0. The van der Waals surface area contributed by atoms with Crippen molar-refractivity contribution in [1.82, 2.24) is 74.4 Å². The number of rotatable bonds is 20. The predicted octanol–water partition coefficient (Wildman–Crippen LogP) is 19.8. The monoisotopic (exact) mass is 1710 g/mol. The zero-order chi connectivity index (χ0) is 98.9. The van der Waals surface area contributed by atoms with Gasteiger partial charge in [0.2, 0.25) is 0 Å². The highest BCUT2D eigenvalue weighted by atomic mass is 15.1. The number of nitrogens with one attached hydrogen (secondary N) is 14. The Labute approximate surface area is 755 Å². The Bertz CT molecular complexity index is 2300. The van der Waals surface area contributed by atoms with Crippen LogP contribution in [0.25, 0.3) is 0 Å². The Morgan fingerprint density at radius 3 is 0.525 bits per heavy atom. The van der Waals surface area contributed by atoms with Crippen molar-refractivity contribution in [3.63, 3.8) is 0 Å². The Hall–Kier alpha value is -2.80. The Kier molecular flexibility index (Phi) is 68.1. The molecule has 732 valence electrons. The van der Waals surface area contributed by atoms with Crippen LogP contribution in [-0.4, -0.2) is 202 Å². The second-order valence-electron chi connectivity index (χ2n) is 53.6. The summed E-state index contributed by atoms with van der Waals surface area (Å²) in [7, 11) is 0. The zero-order valence-electron chi connectivity index (χ0n) is 93.4. The number of hydrogen-bond donors (Lipinski definition) is 17. The SMILES string of the molecule is CC(=NCC(C)(C)C)NC(C)(C)C.CC(C)(C)CN=C(N)NC(C)(C)C.CC(C)(C)N=C(N)CNC(C)(C)C.CC(C)(C)N=C(N)CNC(C)(C)C.CC(C)(C)NC(C)(C)C.CC(C)(C)NC(C)(C)C.CC(C)(C)NCCCNC(C)(C)C.CC(C)(C)NCCCNC(C)(C)C.CC(C)(C)NCCNC(C)(C)C.CC(C)(C)NCCNC(C)(C)C. The summed E-state index contributed by atoms with van der Waals surface area (Å²) in [6, 6.07) is 0. The van der Waals surface area contributed by atoms with Crippen molar-refractivity contribution >= 4 is 23.5 Å². The van der Waals surface area contributed by atoms with Crippen LogP contribution in [0.15, 0.2) is 20.0 Å². The molecular formula is C99H231N21. The van der Waals surface area contributed by atoms with Crippen LogP contribution in [0.1, 0.15) is 435 Å². The molecule has 0 radical (unpaired) electrons. The Morgan fingerprint density at radius 1 is 0.208 bits per heavy atom. The molecule has 0 aliphatic heterocycles. The topological polar surface area (TPSA) is 296 Å². The highest BCUT2D eigenvalue weighted by Crippen LogP contribution is 2.16. The fourth-order valence-corrected chi connectivity index (χ4v) is 9.37. The van der Waals surface area contributed by atoms with E-state index in [-0.39, 0.29) is 111 Å². The molecule has 0 aromatic heterocycles. The number of amidine groups is 3. The molecule has 0 rings (SSSR count). The average Bonchev–Trinajstić information content (AvgIpc) is 0.546. The molecule has 0 fully saturated rings. The number of nitrogens with zero attached hydrogens (tertiary/aromatic N) is 4. The number of nitrogens with two attached hydrogens (primary N) is 3. The van der Waals surface area contributed by atoms with E-state index >= 15 is 0 Å². The van der Waals surface area contributed by atoms with E-state index in [0.29, 0.717) is 30.7 Å². The van der Waals surface area contributed by atoms with E-state index in [4.69, 9.17) is 17.2 Å². The molecule has 21 heteroatoms. The molecule has 0 aromatic rings. The maximum absolute atomic E-state index is 5.75. The quantitative estimate of drug-likeness (QED) is 0.0306. The van der Waals surface area contributed by atoms with E-state index in [1.807, 2.05) is 48.5 Å². The van der Waals surface area contributed by atoms with Gasteiger partial charge in [-0.1, -0.05) is 41.5 Å². The first-order valence-corrected chi connectivity index (χ1v) is 45.8. The van der Waals surface area contributed by atoms with Gasteiger partial charge in [0.25, 0.3) is 0 Å². The van der Waals surface area contributed by atoms with Gasteiger partial charge < -0.3 is 91.6 Å². The van der Waals surface area contributed by atoms with E-state index < -0.39 is 0 Å². The van der Waals surface area contributed by atoms with Crippen molar-refractivity contribution in [3.05, 3.63) is 0 Å². The van der Waals surface area contributed by atoms with E-state index in [1.54, 1.807) is 0 Å². The van der Waals surface area contributed by atoms with Crippen molar-refractivity contribution in [2.75, 3.05) is 78.5 Å². The molecule has 21 nitrogen and oxygen atoms in total. The second-order valence-corrected chi connectivity index (χ2v) is 53.6. The van der Waals surface area contributed by atoms with Crippen molar-refractivity contribution < 1.29 is 0 Å². The third kappa shape index (κ3) is 181. The Balaban J connectivity index is -0.000000140. The first-order valence-electron chi connectivity index (χ1n) is 45.8. The highest BCUT2D eigenvalue weighted by Gasteiger charge is 2.22. The van der Waals surface area contributed by atoms with Crippen LogP contribution >= 0.6 is 0 Å². The summed E-state index contributed by atoms with van der Waals surface area (Å²) >= 11 is 0. The molecule has 0 aliphatic carbocycles. The molecule has 120 heavy (non-hydrogen) atoms. The smallest absolute Gasteiger partial charge is 0.189 e. The largest absolute Gasteiger partial charge is 0.386 e. The van der Waals surface area contributed by atoms with Gasteiger partial charge in [-0.3, -0.25) is 20.0 Å². The molecule has 0 saturated heterocycles. The van der Waals surface area contributed by atoms with Gasteiger partial charge in [0.15, 0.2) is 5.96 Å². The fraction of sp³-hybridized carbons (Fsp3) is 0.960. The maximum Gasteiger partial charge on any atom is 0.189 e. The van der Waals surface area contributed by atoms with Crippen molar-refractivity contribution in [1.29, 1.82) is 0 Å². The third-order valence-electron chi connectivity index (χ3n) is 12.8. The van der Waals surface area contributed by atoms with Crippen molar-refractivity contribution in [3.8, 4) is 0 Å². The zero-order valence-corrected chi connectivity index (χ0v) is 93.4. The maximum atomic E-state index is 5.75. The van der Waals surface area contributed by atoms with Gasteiger partial charge in [-0.15, -0.1) is 0 Å². The van der Waals surface area contributed by atoms with Gasteiger partial charge in [0.1, 0.15) is 11.7 Å². The van der Waals surface area contributed by atoms with E-state index in [0.717, 1.165) is 71.3 Å².